The molecule has 0 bridgehead atoms. The summed E-state index contributed by atoms with van der Waals surface area (Å²) in [5.41, 5.74) is -0.944. The van der Waals surface area contributed by atoms with Crippen LogP contribution in [0.3, 0.4) is 0 Å². The highest BCUT2D eigenvalue weighted by Gasteiger charge is 2.35. The van der Waals surface area contributed by atoms with E-state index in [1.807, 2.05) is 0 Å². The topological polar surface area (TPSA) is 78.9 Å². The number of likely N-dealkylation sites (N-methyl/N-ethyl adjacent to an activating group) is 1. The lowest BCUT2D eigenvalue weighted by molar-refractivity contribution is -0.0689. The Morgan fingerprint density at radius 2 is 2.05 bits per heavy atom. The molecule has 0 aromatic rings. The summed E-state index contributed by atoms with van der Waals surface area (Å²) < 4.78 is 31.2. The molecule has 2 aliphatic heterocycles. The first-order valence-electron chi connectivity index (χ1n) is 7.39. The Labute approximate surface area is 121 Å². The molecule has 0 radical (unpaired) electrons. The van der Waals surface area contributed by atoms with E-state index in [1.54, 1.807) is 7.05 Å². The fourth-order valence-corrected chi connectivity index (χ4v) is 4.35. The van der Waals surface area contributed by atoms with Gasteiger partial charge in [-0.15, -0.1) is 0 Å². The summed E-state index contributed by atoms with van der Waals surface area (Å²) in [6.45, 7) is 2.04. The zero-order chi connectivity index (χ0) is 14.6. The SMILES string of the molecule is CN(CC1(O)CCOCC1)S(=O)(=O)CC1CCCCN1. The average molecular weight is 306 g/mol. The van der Waals surface area contributed by atoms with Gasteiger partial charge in [0.1, 0.15) is 0 Å². The Morgan fingerprint density at radius 3 is 2.65 bits per heavy atom. The van der Waals surface area contributed by atoms with Crippen LogP contribution >= 0.6 is 0 Å². The minimum Gasteiger partial charge on any atom is -0.388 e. The van der Waals surface area contributed by atoms with Crippen LogP contribution in [0.5, 0.6) is 0 Å². The molecule has 0 aromatic heterocycles. The summed E-state index contributed by atoms with van der Waals surface area (Å²) in [7, 11) is -1.77. The standard InChI is InChI=1S/C13H26N2O4S/c1-15(11-13(16)5-8-19-9-6-13)20(17,18)10-12-4-2-3-7-14-12/h12,14,16H,2-11H2,1H3. The largest absolute Gasteiger partial charge is 0.388 e. The Balaban J connectivity index is 1.90. The molecule has 0 aromatic carbocycles. The molecule has 7 heteroatoms. The second kappa shape index (κ2) is 6.70. The Morgan fingerprint density at radius 1 is 1.35 bits per heavy atom. The van der Waals surface area contributed by atoms with Gasteiger partial charge in [-0.25, -0.2) is 12.7 Å². The molecule has 2 heterocycles. The molecule has 2 N–H and O–H groups in total. The van der Waals surface area contributed by atoms with Crippen LogP contribution in [0.2, 0.25) is 0 Å². The van der Waals surface area contributed by atoms with E-state index in [9.17, 15) is 13.5 Å². The normalized spacial score (nSPS) is 27.6. The number of ether oxygens (including phenoxy) is 1. The van der Waals surface area contributed by atoms with Gasteiger partial charge in [-0.1, -0.05) is 6.42 Å². The molecular formula is C13H26N2O4S. The number of hydrogen-bond donors (Lipinski definition) is 2. The highest BCUT2D eigenvalue weighted by atomic mass is 32.2. The van der Waals surface area contributed by atoms with Crippen LogP contribution in [0.4, 0.5) is 0 Å². The van der Waals surface area contributed by atoms with Crippen molar-refractivity contribution in [3.63, 3.8) is 0 Å². The van der Waals surface area contributed by atoms with Crippen LogP contribution in [0.1, 0.15) is 32.1 Å². The van der Waals surface area contributed by atoms with Gasteiger partial charge in [0.15, 0.2) is 0 Å². The molecule has 6 nitrogen and oxygen atoms in total. The predicted molar refractivity (Wildman–Crippen MR) is 77.1 cm³/mol. The van der Waals surface area contributed by atoms with Crippen molar-refractivity contribution in [3.05, 3.63) is 0 Å². The molecule has 2 rings (SSSR count). The number of piperidine rings is 1. The number of hydrogen-bond acceptors (Lipinski definition) is 5. The molecule has 2 aliphatic rings. The van der Waals surface area contributed by atoms with Crippen LogP contribution in [0, 0.1) is 0 Å². The van der Waals surface area contributed by atoms with Crippen LogP contribution in [-0.2, 0) is 14.8 Å². The van der Waals surface area contributed by atoms with Gasteiger partial charge in [0.25, 0.3) is 0 Å². The first kappa shape index (κ1) is 16.2. The van der Waals surface area contributed by atoms with Crippen LogP contribution < -0.4 is 5.32 Å². The number of nitrogens with one attached hydrogen (secondary N) is 1. The van der Waals surface area contributed by atoms with E-state index < -0.39 is 15.6 Å². The van der Waals surface area contributed by atoms with Gasteiger partial charge in [-0.3, -0.25) is 0 Å². The van der Waals surface area contributed by atoms with E-state index >= 15 is 0 Å². The van der Waals surface area contributed by atoms with Crippen LogP contribution in [0.15, 0.2) is 0 Å². The first-order valence-corrected chi connectivity index (χ1v) is 9.00. The lowest BCUT2D eigenvalue weighted by Crippen LogP contribution is -2.50. The van der Waals surface area contributed by atoms with Gasteiger partial charge in [0.2, 0.25) is 10.0 Å². The highest BCUT2D eigenvalue weighted by molar-refractivity contribution is 7.89. The maximum Gasteiger partial charge on any atom is 0.215 e. The van der Waals surface area contributed by atoms with Crippen molar-refractivity contribution in [1.29, 1.82) is 0 Å². The Bertz CT molecular complexity index is 401. The van der Waals surface area contributed by atoms with Crippen molar-refractivity contribution in [2.45, 2.75) is 43.7 Å². The van der Waals surface area contributed by atoms with Crippen molar-refractivity contribution in [1.82, 2.24) is 9.62 Å². The number of aliphatic hydroxyl groups is 1. The number of sulfonamides is 1. The quantitative estimate of drug-likeness (QED) is 0.743. The van der Waals surface area contributed by atoms with E-state index in [1.165, 1.54) is 4.31 Å². The van der Waals surface area contributed by atoms with Gasteiger partial charge in [-0.05, 0) is 19.4 Å². The maximum absolute atomic E-state index is 12.4. The van der Waals surface area contributed by atoms with Crippen molar-refractivity contribution in [2.24, 2.45) is 0 Å². The molecule has 0 aliphatic carbocycles. The molecule has 2 saturated heterocycles. The first-order chi connectivity index (χ1) is 9.41. The smallest absolute Gasteiger partial charge is 0.215 e. The van der Waals surface area contributed by atoms with Gasteiger partial charge < -0.3 is 15.2 Å². The predicted octanol–water partition coefficient (Wildman–Crippen LogP) is -0.0684. The molecular weight excluding hydrogens is 280 g/mol. The molecule has 118 valence electrons. The van der Waals surface area contributed by atoms with E-state index in [4.69, 9.17) is 4.74 Å². The van der Waals surface area contributed by atoms with Crippen molar-refractivity contribution in [3.8, 4) is 0 Å². The summed E-state index contributed by atoms with van der Waals surface area (Å²) in [6.07, 6.45) is 4.10. The number of nitrogens with zero attached hydrogens (tertiary/aromatic N) is 1. The highest BCUT2D eigenvalue weighted by Crippen LogP contribution is 2.22. The monoisotopic (exact) mass is 306 g/mol. The molecule has 1 atom stereocenters. The number of rotatable bonds is 5. The van der Waals surface area contributed by atoms with Crippen LogP contribution in [-0.4, -0.2) is 68.6 Å². The Kier molecular flexibility index (Phi) is 5.42. The van der Waals surface area contributed by atoms with Crippen molar-refractivity contribution < 1.29 is 18.3 Å². The fourth-order valence-electron chi connectivity index (χ4n) is 2.87. The second-order valence-corrected chi connectivity index (χ2v) is 8.14. The molecule has 0 amide bonds. The van der Waals surface area contributed by atoms with E-state index in [-0.39, 0.29) is 18.3 Å². The molecule has 0 spiro atoms. The summed E-state index contributed by atoms with van der Waals surface area (Å²) in [6, 6.07) is 0.0422. The average Bonchev–Trinajstić information content (AvgIpc) is 2.39. The third-order valence-electron chi connectivity index (χ3n) is 4.24. The maximum atomic E-state index is 12.4. The zero-order valence-electron chi connectivity index (χ0n) is 12.2. The van der Waals surface area contributed by atoms with Crippen LogP contribution in [0.25, 0.3) is 0 Å². The molecule has 1 unspecified atom stereocenters. The summed E-state index contributed by atoms with van der Waals surface area (Å²) in [4.78, 5) is 0. The van der Waals surface area contributed by atoms with E-state index in [0.717, 1.165) is 25.8 Å². The fraction of sp³-hybridized carbons (Fsp3) is 1.00. The van der Waals surface area contributed by atoms with Gasteiger partial charge in [0.05, 0.1) is 11.4 Å². The minimum atomic E-state index is -3.33. The van der Waals surface area contributed by atoms with E-state index in [2.05, 4.69) is 5.32 Å². The molecule has 0 saturated carbocycles. The summed E-state index contributed by atoms with van der Waals surface area (Å²) >= 11 is 0. The Hall–Kier alpha value is -0.210. The van der Waals surface area contributed by atoms with Gasteiger partial charge in [-0.2, -0.15) is 0 Å². The van der Waals surface area contributed by atoms with Crippen molar-refractivity contribution >= 4 is 10.0 Å². The van der Waals surface area contributed by atoms with Gasteiger partial charge >= 0.3 is 0 Å². The third-order valence-corrected chi connectivity index (χ3v) is 6.14. The zero-order valence-corrected chi connectivity index (χ0v) is 13.0. The summed E-state index contributed by atoms with van der Waals surface area (Å²) in [5, 5.41) is 13.7. The van der Waals surface area contributed by atoms with Gasteiger partial charge in [0, 0.05) is 45.7 Å². The third kappa shape index (κ3) is 4.39. The molecule has 20 heavy (non-hydrogen) atoms. The molecule has 2 fully saturated rings. The lowest BCUT2D eigenvalue weighted by Gasteiger charge is -2.35. The second-order valence-electron chi connectivity index (χ2n) is 6.02. The minimum absolute atomic E-state index is 0.0422. The van der Waals surface area contributed by atoms with E-state index in [0.29, 0.717) is 26.1 Å². The van der Waals surface area contributed by atoms with Crippen molar-refractivity contribution in [2.75, 3.05) is 39.1 Å². The summed E-state index contributed by atoms with van der Waals surface area (Å²) in [5.74, 6) is 0.121. The lowest BCUT2D eigenvalue weighted by atomic mass is 9.95.